The topological polar surface area (TPSA) is 76.9 Å². The van der Waals surface area contributed by atoms with Crippen LogP contribution in [0.15, 0.2) is 59.6 Å². The van der Waals surface area contributed by atoms with Crippen molar-refractivity contribution in [1.82, 2.24) is 14.8 Å². The summed E-state index contributed by atoms with van der Waals surface area (Å²) in [5.41, 5.74) is 3.40. The van der Waals surface area contributed by atoms with E-state index in [1.807, 2.05) is 55.5 Å². The van der Waals surface area contributed by atoms with Crippen LogP contribution in [0.2, 0.25) is 0 Å². The molecule has 0 unspecified atom stereocenters. The molecule has 0 atom stereocenters. The zero-order valence-corrected chi connectivity index (χ0v) is 16.5. The van der Waals surface area contributed by atoms with Gasteiger partial charge < -0.3 is 0 Å². The summed E-state index contributed by atoms with van der Waals surface area (Å²) in [6, 6.07) is 15.6. The Morgan fingerprint density at radius 2 is 1.89 bits per heavy atom. The number of thiazole rings is 1. The highest BCUT2D eigenvalue weighted by molar-refractivity contribution is 7.93. The van der Waals surface area contributed by atoms with Gasteiger partial charge in [0.1, 0.15) is 4.90 Å². The van der Waals surface area contributed by atoms with E-state index in [0.29, 0.717) is 17.4 Å². The first-order valence-corrected chi connectivity index (χ1v) is 10.7. The summed E-state index contributed by atoms with van der Waals surface area (Å²) < 4.78 is 30.8. The van der Waals surface area contributed by atoms with Gasteiger partial charge in [-0.15, -0.1) is 0 Å². The van der Waals surface area contributed by atoms with Gasteiger partial charge >= 0.3 is 0 Å². The van der Waals surface area contributed by atoms with Gasteiger partial charge in [-0.2, -0.15) is 5.10 Å². The molecule has 2 heterocycles. The second kappa shape index (κ2) is 6.79. The monoisotopic (exact) mass is 398 g/mol. The summed E-state index contributed by atoms with van der Waals surface area (Å²) in [5, 5.41) is 4.70. The van der Waals surface area contributed by atoms with Crippen molar-refractivity contribution in [2.75, 3.05) is 4.72 Å². The molecule has 0 radical (unpaired) electrons. The van der Waals surface area contributed by atoms with Crippen LogP contribution < -0.4 is 4.72 Å². The fraction of sp³-hybridized carbons (Fsp3) is 0.158. The molecule has 0 amide bonds. The lowest BCUT2D eigenvalue weighted by molar-refractivity contribution is 0.600. The maximum absolute atomic E-state index is 12.8. The van der Waals surface area contributed by atoms with E-state index in [9.17, 15) is 8.42 Å². The van der Waals surface area contributed by atoms with E-state index in [2.05, 4.69) is 14.8 Å². The Kier molecular flexibility index (Phi) is 4.45. The lowest BCUT2D eigenvalue weighted by atomic mass is 10.2. The Morgan fingerprint density at radius 3 is 2.67 bits per heavy atom. The van der Waals surface area contributed by atoms with Gasteiger partial charge in [-0.3, -0.25) is 9.40 Å². The molecule has 1 N–H and O–H groups in total. The van der Waals surface area contributed by atoms with Crippen molar-refractivity contribution in [3.05, 3.63) is 71.5 Å². The van der Waals surface area contributed by atoms with E-state index in [1.165, 1.54) is 11.3 Å². The molecule has 0 fully saturated rings. The number of hydrogen-bond donors (Lipinski definition) is 1. The summed E-state index contributed by atoms with van der Waals surface area (Å²) in [7, 11) is -3.76. The Hall–Kier alpha value is -2.71. The summed E-state index contributed by atoms with van der Waals surface area (Å²) in [5.74, 6) is 0. The summed E-state index contributed by atoms with van der Waals surface area (Å²) >= 11 is 1.32. The van der Waals surface area contributed by atoms with Crippen molar-refractivity contribution in [1.29, 1.82) is 0 Å². The van der Waals surface area contributed by atoms with Gasteiger partial charge in [0.25, 0.3) is 10.0 Å². The number of aryl methyl sites for hydroxylation is 2. The van der Waals surface area contributed by atoms with Crippen molar-refractivity contribution in [3.8, 4) is 0 Å². The third-order valence-electron chi connectivity index (χ3n) is 4.14. The second-order valence-corrected chi connectivity index (χ2v) is 9.04. The van der Waals surface area contributed by atoms with Crippen LogP contribution in [0.25, 0.3) is 10.2 Å². The van der Waals surface area contributed by atoms with Crippen LogP contribution in [0.3, 0.4) is 0 Å². The smallest absolute Gasteiger partial charge is 0.267 e. The average molecular weight is 399 g/mol. The summed E-state index contributed by atoms with van der Waals surface area (Å²) in [4.78, 5) is 4.53. The fourth-order valence-electron chi connectivity index (χ4n) is 2.86. The van der Waals surface area contributed by atoms with Gasteiger partial charge in [0.05, 0.1) is 22.5 Å². The SMILES string of the molecule is Cc1ccc2nc(NS(=O)(=O)c3cn(Cc4ccccc4)nc3C)sc2c1. The maximum Gasteiger partial charge on any atom is 0.267 e. The number of aromatic nitrogens is 3. The third-order valence-corrected chi connectivity index (χ3v) is 6.65. The molecular formula is C19H18N4O2S2. The van der Waals surface area contributed by atoms with E-state index in [0.717, 1.165) is 21.3 Å². The van der Waals surface area contributed by atoms with Crippen molar-refractivity contribution >= 4 is 36.7 Å². The minimum absolute atomic E-state index is 0.161. The van der Waals surface area contributed by atoms with Crippen LogP contribution in [0.4, 0.5) is 5.13 Å². The summed E-state index contributed by atoms with van der Waals surface area (Å²) in [6.07, 6.45) is 1.56. The Balaban J connectivity index is 1.61. The Bertz CT molecular complexity index is 1210. The first-order chi connectivity index (χ1) is 12.9. The molecule has 0 aliphatic heterocycles. The highest BCUT2D eigenvalue weighted by atomic mass is 32.2. The van der Waals surface area contributed by atoms with E-state index >= 15 is 0 Å². The van der Waals surface area contributed by atoms with Gasteiger partial charge in [0, 0.05) is 6.20 Å². The van der Waals surface area contributed by atoms with E-state index in [4.69, 9.17) is 0 Å². The Labute approximate surface area is 161 Å². The first-order valence-electron chi connectivity index (χ1n) is 8.39. The lowest BCUT2D eigenvalue weighted by Gasteiger charge is -2.03. The normalized spacial score (nSPS) is 11.8. The molecule has 4 rings (SSSR count). The van der Waals surface area contributed by atoms with Crippen LogP contribution in [0.5, 0.6) is 0 Å². The molecule has 4 aromatic rings. The molecule has 0 bridgehead atoms. The number of anilines is 1. The van der Waals surface area contributed by atoms with Gasteiger partial charge in [0.2, 0.25) is 0 Å². The average Bonchev–Trinajstić information content (AvgIpc) is 3.17. The van der Waals surface area contributed by atoms with Crippen molar-refractivity contribution in [2.24, 2.45) is 0 Å². The summed E-state index contributed by atoms with van der Waals surface area (Å²) in [6.45, 7) is 4.20. The molecule has 8 heteroatoms. The van der Waals surface area contributed by atoms with Crippen LogP contribution >= 0.6 is 11.3 Å². The molecule has 0 saturated carbocycles. The fourth-order valence-corrected chi connectivity index (χ4v) is 5.25. The second-order valence-electron chi connectivity index (χ2n) is 6.36. The molecule has 2 aromatic heterocycles. The minimum Gasteiger partial charge on any atom is -0.267 e. The molecule has 138 valence electrons. The zero-order valence-electron chi connectivity index (χ0n) is 14.9. The zero-order chi connectivity index (χ0) is 19.0. The number of hydrogen-bond acceptors (Lipinski definition) is 5. The van der Waals surface area contributed by atoms with Crippen LogP contribution in [0, 0.1) is 13.8 Å². The highest BCUT2D eigenvalue weighted by Crippen LogP contribution is 2.28. The van der Waals surface area contributed by atoms with Gasteiger partial charge in [-0.05, 0) is 37.1 Å². The van der Waals surface area contributed by atoms with Gasteiger partial charge in [0.15, 0.2) is 5.13 Å². The quantitative estimate of drug-likeness (QED) is 0.552. The predicted octanol–water partition coefficient (Wildman–Crippen LogP) is 3.96. The number of sulfonamides is 1. The standard InChI is InChI=1S/C19H18N4O2S2/c1-13-8-9-16-17(10-13)26-19(20-16)22-27(24,25)18-12-23(21-14(18)2)11-15-6-4-3-5-7-15/h3-10,12H,11H2,1-2H3,(H,20,22). The molecule has 2 aromatic carbocycles. The van der Waals surface area contributed by atoms with E-state index in [1.54, 1.807) is 17.8 Å². The Morgan fingerprint density at radius 1 is 1.11 bits per heavy atom. The van der Waals surface area contributed by atoms with Crippen LogP contribution in [-0.2, 0) is 16.6 Å². The predicted molar refractivity (Wildman–Crippen MR) is 108 cm³/mol. The third kappa shape index (κ3) is 3.72. The van der Waals surface area contributed by atoms with E-state index in [-0.39, 0.29) is 4.90 Å². The van der Waals surface area contributed by atoms with Crippen molar-refractivity contribution in [2.45, 2.75) is 25.3 Å². The van der Waals surface area contributed by atoms with Crippen LogP contribution in [-0.4, -0.2) is 23.2 Å². The molecular weight excluding hydrogens is 380 g/mol. The lowest BCUT2D eigenvalue weighted by Crippen LogP contribution is -2.13. The first kappa shape index (κ1) is 17.7. The number of rotatable bonds is 5. The van der Waals surface area contributed by atoms with Crippen molar-refractivity contribution in [3.63, 3.8) is 0 Å². The maximum atomic E-state index is 12.8. The molecule has 0 saturated heterocycles. The molecule has 27 heavy (non-hydrogen) atoms. The largest absolute Gasteiger partial charge is 0.267 e. The number of fused-ring (bicyclic) bond motifs is 1. The number of benzene rings is 2. The molecule has 0 spiro atoms. The minimum atomic E-state index is -3.76. The highest BCUT2D eigenvalue weighted by Gasteiger charge is 2.22. The van der Waals surface area contributed by atoms with Crippen molar-refractivity contribution < 1.29 is 8.42 Å². The molecule has 0 aliphatic rings. The molecule has 6 nitrogen and oxygen atoms in total. The number of nitrogens with zero attached hydrogens (tertiary/aromatic N) is 3. The van der Waals surface area contributed by atoms with E-state index < -0.39 is 10.0 Å². The molecule has 0 aliphatic carbocycles. The number of nitrogens with one attached hydrogen (secondary N) is 1. The van der Waals surface area contributed by atoms with Gasteiger partial charge in [-0.1, -0.05) is 47.7 Å². The van der Waals surface area contributed by atoms with Gasteiger partial charge in [-0.25, -0.2) is 13.4 Å². The van der Waals surface area contributed by atoms with Crippen LogP contribution in [0.1, 0.15) is 16.8 Å².